The monoisotopic (exact) mass is 386 g/mol. The molecule has 0 aromatic heterocycles. The van der Waals surface area contributed by atoms with Gasteiger partial charge in [0.25, 0.3) is 5.91 Å². The van der Waals surface area contributed by atoms with Gasteiger partial charge in [0.15, 0.2) is 11.5 Å². The highest BCUT2D eigenvalue weighted by molar-refractivity contribution is 5.98. The van der Waals surface area contributed by atoms with Gasteiger partial charge in [0.1, 0.15) is 5.75 Å². The number of anilines is 1. The molecule has 2 aromatic carbocycles. The van der Waals surface area contributed by atoms with Gasteiger partial charge in [-0.2, -0.15) is 0 Å². The van der Waals surface area contributed by atoms with E-state index in [-0.39, 0.29) is 17.9 Å². The van der Waals surface area contributed by atoms with Crippen LogP contribution in [0.2, 0.25) is 0 Å². The Bertz CT molecular complexity index is 833. The van der Waals surface area contributed by atoms with Crippen LogP contribution in [-0.4, -0.2) is 33.1 Å². The third-order valence-corrected chi connectivity index (χ3v) is 4.31. The van der Waals surface area contributed by atoms with Crippen molar-refractivity contribution in [3.8, 4) is 17.2 Å². The number of nitrogens with one attached hydrogen (secondary N) is 2. The van der Waals surface area contributed by atoms with Crippen molar-refractivity contribution in [1.29, 1.82) is 0 Å². The van der Waals surface area contributed by atoms with Crippen molar-refractivity contribution in [3.63, 3.8) is 0 Å². The Morgan fingerprint density at radius 3 is 2.04 bits per heavy atom. The number of methoxy groups -OCH3 is 3. The van der Waals surface area contributed by atoms with Crippen LogP contribution < -0.4 is 24.8 Å². The first-order valence-electron chi connectivity index (χ1n) is 8.94. The lowest BCUT2D eigenvalue weighted by Crippen LogP contribution is -2.27. The molecular formula is C21H26N2O5. The summed E-state index contributed by atoms with van der Waals surface area (Å²) in [4.78, 5) is 24.2. The Morgan fingerprint density at radius 1 is 0.929 bits per heavy atom. The van der Waals surface area contributed by atoms with Crippen molar-refractivity contribution in [2.75, 3.05) is 26.6 Å². The molecule has 2 amide bonds. The first kappa shape index (κ1) is 21.1. The normalized spacial score (nSPS) is 11.3. The zero-order valence-corrected chi connectivity index (χ0v) is 16.8. The lowest BCUT2D eigenvalue weighted by atomic mass is 10.1. The van der Waals surface area contributed by atoms with Gasteiger partial charge < -0.3 is 24.8 Å². The molecule has 2 N–H and O–H groups in total. The molecule has 0 aliphatic heterocycles. The van der Waals surface area contributed by atoms with E-state index in [9.17, 15) is 9.59 Å². The fourth-order valence-corrected chi connectivity index (χ4v) is 2.67. The molecule has 28 heavy (non-hydrogen) atoms. The quantitative estimate of drug-likeness (QED) is 0.725. The maximum Gasteiger partial charge on any atom is 0.255 e. The molecule has 7 heteroatoms. The maximum atomic E-state index is 12.8. The minimum absolute atomic E-state index is 0.0466. The number of hydrogen-bond acceptors (Lipinski definition) is 5. The molecule has 150 valence electrons. The smallest absolute Gasteiger partial charge is 0.255 e. The average Bonchev–Trinajstić information content (AvgIpc) is 2.72. The van der Waals surface area contributed by atoms with Gasteiger partial charge in [-0.1, -0.05) is 19.1 Å². The molecule has 1 unspecified atom stereocenters. The lowest BCUT2D eigenvalue weighted by Gasteiger charge is -2.18. The summed E-state index contributed by atoms with van der Waals surface area (Å²) < 4.78 is 15.8. The van der Waals surface area contributed by atoms with E-state index in [1.54, 1.807) is 19.1 Å². The van der Waals surface area contributed by atoms with Crippen molar-refractivity contribution in [3.05, 3.63) is 47.5 Å². The van der Waals surface area contributed by atoms with Crippen LogP contribution in [0.5, 0.6) is 17.2 Å². The Kier molecular flexibility index (Phi) is 7.26. The molecule has 0 bridgehead atoms. The van der Waals surface area contributed by atoms with Crippen LogP contribution in [0.1, 0.15) is 42.2 Å². The van der Waals surface area contributed by atoms with Crippen LogP contribution in [0.25, 0.3) is 0 Å². The second-order valence-electron chi connectivity index (χ2n) is 6.13. The van der Waals surface area contributed by atoms with E-state index in [0.717, 1.165) is 11.3 Å². The Morgan fingerprint density at radius 2 is 1.50 bits per heavy atom. The predicted molar refractivity (Wildman–Crippen MR) is 107 cm³/mol. The highest BCUT2D eigenvalue weighted by Crippen LogP contribution is 2.34. The number of amides is 2. The zero-order valence-electron chi connectivity index (χ0n) is 16.8. The fraction of sp³-hybridized carbons (Fsp3) is 0.333. The van der Waals surface area contributed by atoms with Gasteiger partial charge in [0.05, 0.1) is 32.9 Å². The molecule has 0 spiro atoms. The molecule has 0 aliphatic rings. The van der Waals surface area contributed by atoms with Crippen molar-refractivity contribution in [1.82, 2.24) is 5.32 Å². The molecule has 0 saturated heterocycles. The third kappa shape index (κ3) is 4.94. The van der Waals surface area contributed by atoms with E-state index in [1.165, 1.54) is 21.3 Å². The van der Waals surface area contributed by atoms with Gasteiger partial charge in [-0.3, -0.25) is 9.59 Å². The van der Waals surface area contributed by atoms with E-state index in [0.29, 0.717) is 29.2 Å². The summed E-state index contributed by atoms with van der Waals surface area (Å²) in [5.41, 5.74) is 1.97. The van der Waals surface area contributed by atoms with E-state index in [1.807, 2.05) is 31.2 Å². The summed E-state index contributed by atoms with van der Waals surface area (Å²) in [7, 11) is 4.52. The SMILES string of the molecule is CCC(=O)Nc1ccc(C(C)NC(=O)c2cc(OC)c(OC)cc2OC)cc1. The number of benzene rings is 2. The van der Waals surface area contributed by atoms with Gasteiger partial charge in [0, 0.05) is 24.2 Å². The standard InChI is InChI=1S/C21H26N2O5/c1-6-20(24)23-15-9-7-14(8-10-15)13(2)22-21(25)16-11-18(27-4)19(28-5)12-17(16)26-3/h7-13H,6H2,1-5H3,(H,22,25)(H,23,24). The molecular weight excluding hydrogens is 360 g/mol. The fourth-order valence-electron chi connectivity index (χ4n) is 2.67. The second-order valence-corrected chi connectivity index (χ2v) is 6.13. The number of rotatable bonds is 8. The number of carbonyl (C=O) groups excluding carboxylic acids is 2. The van der Waals surface area contributed by atoms with Crippen LogP contribution in [0.4, 0.5) is 5.69 Å². The largest absolute Gasteiger partial charge is 0.496 e. The molecule has 0 heterocycles. The summed E-state index contributed by atoms with van der Waals surface area (Å²) in [5, 5.41) is 5.74. The van der Waals surface area contributed by atoms with Crippen molar-refractivity contribution >= 4 is 17.5 Å². The first-order chi connectivity index (χ1) is 13.4. The molecule has 1 atom stereocenters. The average molecular weight is 386 g/mol. The number of hydrogen-bond donors (Lipinski definition) is 2. The van der Waals surface area contributed by atoms with E-state index in [4.69, 9.17) is 14.2 Å². The Hall–Kier alpha value is -3.22. The van der Waals surface area contributed by atoms with E-state index >= 15 is 0 Å². The second kappa shape index (κ2) is 9.64. The zero-order chi connectivity index (χ0) is 20.7. The number of carbonyl (C=O) groups is 2. The van der Waals surface area contributed by atoms with Crippen molar-refractivity contribution in [2.45, 2.75) is 26.3 Å². The topological polar surface area (TPSA) is 85.9 Å². The molecule has 0 fully saturated rings. The van der Waals surface area contributed by atoms with Gasteiger partial charge in [-0.05, 0) is 24.6 Å². The molecule has 0 radical (unpaired) electrons. The molecule has 2 aromatic rings. The van der Waals surface area contributed by atoms with Gasteiger partial charge in [-0.15, -0.1) is 0 Å². The van der Waals surface area contributed by atoms with Crippen molar-refractivity contribution < 1.29 is 23.8 Å². The van der Waals surface area contributed by atoms with Crippen LogP contribution in [0.3, 0.4) is 0 Å². The van der Waals surface area contributed by atoms with E-state index < -0.39 is 0 Å². The van der Waals surface area contributed by atoms with Gasteiger partial charge >= 0.3 is 0 Å². The van der Waals surface area contributed by atoms with Crippen LogP contribution in [0, 0.1) is 0 Å². The van der Waals surface area contributed by atoms with Crippen molar-refractivity contribution in [2.24, 2.45) is 0 Å². The summed E-state index contributed by atoms with van der Waals surface area (Å²) in [6.45, 7) is 3.68. The minimum atomic E-state index is -0.298. The molecule has 2 rings (SSSR count). The number of ether oxygens (including phenoxy) is 3. The summed E-state index contributed by atoms with van der Waals surface area (Å²) in [6, 6.07) is 10.3. The summed E-state index contributed by atoms with van der Waals surface area (Å²) in [6.07, 6.45) is 0.418. The Balaban J connectivity index is 2.16. The first-order valence-corrected chi connectivity index (χ1v) is 8.94. The highest BCUT2D eigenvalue weighted by Gasteiger charge is 2.19. The molecule has 0 saturated carbocycles. The van der Waals surface area contributed by atoms with Crippen LogP contribution in [0.15, 0.2) is 36.4 Å². The van der Waals surface area contributed by atoms with Gasteiger partial charge in [-0.25, -0.2) is 0 Å². The van der Waals surface area contributed by atoms with Crippen LogP contribution >= 0.6 is 0 Å². The molecule has 7 nitrogen and oxygen atoms in total. The minimum Gasteiger partial charge on any atom is -0.496 e. The Labute approximate surface area is 165 Å². The predicted octanol–water partition coefficient (Wildman–Crippen LogP) is 3.55. The summed E-state index contributed by atoms with van der Waals surface area (Å²) in [5.74, 6) is 0.967. The molecule has 0 aliphatic carbocycles. The van der Waals surface area contributed by atoms with E-state index in [2.05, 4.69) is 10.6 Å². The highest BCUT2D eigenvalue weighted by atomic mass is 16.5. The summed E-state index contributed by atoms with van der Waals surface area (Å²) >= 11 is 0. The van der Waals surface area contributed by atoms with Crippen LogP contribution in [-0.2, 0) is 4.79 Å². The lowest BCUT2D eigenvalue weighted by molar-refractivity contribution is -0.115. The van der Waals surface area contributed by atoms with Gasteiger partial charge in [0.2, 0.25) is 5.91 Å². The maximum absolute atomic E-state index is 12.8. The third-order valence-electron chi connectivity index (χ3n) is 4.31.